The Bertz CT molecular complexity index is 501. The maximum atomic E-state index is 11.9. The molecule has 0 unspecified atom stereocenters. The van der Waals surface area contributed by atoms with E-state index in [1.165, 1.54) is 16.7 Å². The second-order valence-electron chi connectivity index (χ2n) is 4.81. The van der Waals surface area contributed by atoms with Crippen LogP contribution in [-0.4, -0.2) is 24.9 Å². The van der Waals surface area contributed by atoms with Crippen LogP contribution in [0.4, 0.5) is 5.69 Å². The Balaban J connectivity index is 2.34. The molecule has 0 saturated carbocycles. The van der Waals surface area contributed by atoms with Gasteiger partial charge < -0.3 is 10.2 Å². The van der Waals surface area contributed by atoms with Crippen LogP contribution >= 0.6 is 0 Å². The summed E-state index contributed by atoms with van der Waals surface area (Å²) < 4.78 is 0. The van der Waals surface area contributed by atoms with Gasteiger partial charge in [0.1, 0.15) is 0 Å². The van der Waals surface area contributed by atoms with Crippen LogP contribution in [-0.2, 0) is 11.2 Å². The molecule has 0 atom stereocenters. The third-order valence-corrected chi connectivity index (χ3v) is 3.01. The van der Waals surface area contributed by atoms with Gasteiger partial charge in [0.15, 0.2) is 0 Å². The zero-order chi connectivity index (χ0) is 12.6. The molecular formula is C14H18N2O. The maximum Gasteiger partial charge on any atom is 0.251 e. The van der Waals surface area contributed by atoms with E-state index < -0.39 is 0 Å². The van der Waals surface area contributed by atoms with Crippen LogP contribution in [0.15, 0.2) is 23.9 Å². The highest BCUT2D eigenvalue weighted by Crippen LogP contribution is 2.29. The molecule has 0 spiro atoms. The monoisotopic (exact) mass is 230 g/mol. The first-order valence-electron chi connectivity index (χ1n) is 5.76. The van der Waals surface area contributed by atoms with E-state index in [-0.39, 0.29) is 5.91 Å². The topological polar surface area (TPSA) is 32.3 Å². The van der Waals surface area contributed by atoms with E-state index in [2.05, 4.69) is 31.3 Å². The summed E-state index contributed by atoms with van der Waals surface area (Å²) in [4.78, 5) is 13.5. The predicted molar refractivity (Wildman–Crippen MR) is 70.0 cm³/mol. The van der Waals surface area contributed by atoms with Crippen molar-refractivity contribution < 1.29 is 4.79 Å². The maximum absolute atomic E-state index is 11.9. The number of amides is 1. The Morgan fingerprint density at radius 1 is 1.29 bits per heavy atom. The lowest BCUT2D eigenvalue weighted by Crippen LogP contribution is -2.26. The third kappa shape index (κ3) is 2.18. The number of hydrogen-bond donors (Lipinski definition) is 1. The minimum atomic E-state index is 0.0716. The van der Waals surface area contributed by atoms with Crippen LogP contribution in [0.3, 0.4) is 0 Å². The first kappa shape index (κ1) is 11.7. The van der Waals surface area contributed by atoms with E-state index in [1.54, 1.807) is 19.0 Å². The van der Waals surface area contributed by atoms with Crippen LogP contribution < -0.4 is 5.32 Å². The van der Waals surface area contributed by atoms with Crippen molar-refractivity contribution in [2.75, 3.05) is 19.4 Å². The number of nitrogens with one attached hydrogen (secondary N) is 1. The molecule has 0 bridgehead atoms. The number of likely N-dealkylation sites (N-methyl/N-ethyl adjacent to an activating group) is 1. The van der Waals surface area contributed by atoms with Gasteiger partial charge in [0.2, 0.25) is 0 Å². The van der Waals surface area contributed by atoms with Gasteiger partial charge in [0.25, 0.3) is 5.91 Å². The minimum absolute atomic E-state index is 0.0716. The molecule has 1 aromatic rings. The molecule has 1 N–H and O–H groups in total. The molecule has 0 fully saturated rings. The summed E-state index contributed by atoms with van der Waals surface area (Å²) in [6.45, 7) is 4.17. The molecule has 1 heterocycles. The molecule has 0 saturated heterocycles. The van der Waals surface area contributed by atoms with Crippen molar-refractivity contribution in [1.29, 1.82) is 0 Å². The molecule has 3 nitrogen and oxygen atoms in total. The van der Waals surface area contributed by atoms with Crippen LogP contribution in [0.5, 0.6) is 0 Å². The largest absolute Gasteiger partial charge is 0.361 e. The summed E-state index contributed by atoms with van der Waals surface area (Å²) in [5.41, 5.74) is 5.63. The lowest BCUT2D eigenvalue weighted by atomic mass is 9.95. The van der Waals surface area contributed by atoms with Crippen molar-refractivity contribution in [2.24, 2.45) is 0 Å². The van der Waals surface area contributed by atoms with Crippen molar-refractivity contribution in [3.8, 4) is 0 Å². The Kier molecular flexibility index (Phi) is 2.92. The van der Waals surface area contributed by atoms with Crippen LogP contribution in [0.25, 0.3) is 0 Å². The van der Waals surface area contributed by atoms with Crippen LogP contribution in [0, 0.1) is 13.8 Å². The molecule has 0 radical (unpaired) electrons. The van der Waals surface area contributed by atoms with Gasteiger partial charge >= 0.3 is 0 Å². The Morgan fingerprint density at radius 3 is 2.65 bits per heavy atom. The summed E-state index contributed by atoms with van der Waals surface area (Å²) in [5.74, 6) is 0.0716. The van der Waals surface area contributed by atoms with Gasteiger partial charge in [-0.1, -0.05) is 17.7 Å². The Morgan fingerprint density at radius 2 is 2.00 bits per heavy atom. The highest BCUT2D eigenvalue weighted by molar-refractivity contribution is 5.95. The van der Waals surface area contributed by atoms with E-state index in [0.717, 1.165) is 11.3 Å². The number of aryl methyl sites for hydroxylation is 2. The van der Waals surface area contributed by atoms with Crippen molar-refractivity contribution in [1.82, 2.24) is 4.90 Å². The molecule has 1 aliphatic rings. The number of rotatable bonds is 1. The van der Waals surface area contributed by atoms with Crippen molar-refractivity contribution in [3.63, 3.8) is 0 Å². The molecule has 0 aliphatic carbocycles. The molecule has 1 aliphatic heterocycles. The van der Waals surface area contributed by atoms with Gasteiger partial charge in [-0.15, -0.1) is 0 Å². The number of carbonyl (C=O) groups excluding carboxylic acids is 1. The van der Waals surface area contributed by atoms with E-state index in [4.69, 9.17) is 0 Å². The van der Waals surface area contributed by atoms with E-state index in [0.29, 0.717) is 6.42 Å². The predicted octanol–water partition coefficient (Wildman–Crippen LogP) is 2.24. The van der Waals surface area contributed by atoms with Gasteiger partial charge in [-0.05, 0) is 25.0 Å². The van der Waals surface area contributed by atoms with Gasteiger partial charge in [0, 0.05) is 38.0 Å². The Labute approximate surface area is 102 Å². The van der Waals surface area contributed by atoms with Gasteiger partial charge in [-0.2, -0.15) is 0 Å². The molecule has 1 amide bonds. The normalized spacial score (nSPS) is 13.5. The zero-order valence-corrected chi connectivity index (χ0v) is 10.8. The fourth-order valence-electron chi connectivity index (χ4n) is 2.24. The van der Waals surface area contributed by atoms with Gasteiger partial charge in [0.05, 0.1) is 0 Å². The van der Waals surface area contributed by atoms with Crippen LogP contribution in [0.2, 0.25) is 0 Å². The fourth-order valence-corrected chi connectivity index (χ4v) is 2.24. The molecule has 3 heteroatoms. The zero-order valence-electron chi connectivity index (χ0n) is 10.8. The quantitative estimate of drug-likeness (QED) is 0.802. The molecular weight excluding hydrogens is 212 g/mol. The standard InChI is InChI=1S/C14H18N2O/c1-9-5-10(2)13-11(6-9)7-12(8-15-13)14(17)16(3)4/h5-6,8,15H,7H2,1-4H3. The number of nitrogens with zero attached hydrogens (tertiary/aromatic N) is 1. The molecule has 90 valence electrons. The second kappa shape index (κ2) is 4.24. The highest BCUT2D eigenvalue weighted by Gasteiger charge is 2.19. The lowest BCUT2D eigenvalue weighted by Gasteiger charge is -2.22. The first-order chi connectivity index (χ1) is 7.99. The molecule has 1 aromatic carbocycles. The first-order valence-corrected chi connectivity index (χ1v) is 5.76. The highest BCUT2D eigenvalue weighted by atomic mass is 16.2. The van der Waals surface area contributed by atoms with Gasteiger partial charge in [-0.25, -0.2) is 0 Å². The number of fused-ring (bicyclic) bond motifs is 1. The Hall–Kier alpha value is -1.77. The summed E-state index contributed by atoms with van der Waals surface area (Å²) in [7, 11) is 3.56. The molecule has 2 rings (SSSR count). The van der Waals surface area contributed by atoms with E-state index in [9.17, 15) is 4.79 Å². The number of carbonyl (C=O) groups is 1. The third-order valence-electron chi connectivity index (χ3n) is 3.01. The van der Waals surface area contributed by atoms with Gasteiger partial charge in [-0.3, -0.25) is 4.79 Å². The summed E-state index contributed by atoms with van der Waals surface area (Å²) in [6.07, 6.45) is 2.54. The fraction of sp³-hybridized carbons (Fsp3) is 0.357. The SMILES string of the molecule is Cc1cc(C)c2c(c1)CC(C(=O)N(C)C)=CN2. The van der Waals surface area contributed by atoms with E-state index in [1.807, 2.05) is 6.20 Å². The number of anilines is 1. The van der Waals surface area contributed by atoms with Crippen molar-refractivity contribution in [2.45, 2.75) is 20.3 Å². The number of benzene rings is 1. The average molecular weight is 230 g/mol. The second-order valence-corrected chi connectivity index (χ2v) is 4.81. The van der Waals surface area contributed by atoms with Crippen molar-refractivity contribution >= 4 is 11.6 Å². The molecule has 0 aromatic heterocycles. The molecule has 17 heavy (non-hydrogen) atoms. The average Bonchev–Trinajstić information content (AvgIpc) is 2.26. The minimum Gasteiger partial charge on any atom is -0.361 e. The lowest BCUT2D eigenvalue weighted by molar-refractivity contribution is -0.124. The summed E-state index contributed by atoms with van der Waals surface area (Å²) in [5, 5.41) is 3.23. The van der Waals surface area contributed by atoms with Crippen LogP contribution in [0.1, 0.15) is 16.7 Å². The summed E-state index contributed by atoms with van der Waals surface area (Å²) in [6, 6.07) is 4.30. The number of hydrogen-bond acceptors (Lipinski definition) is 2. The van der Waals surface area contributed by atoms with Crippen molar-refractivity contribution in [3.05, 3.63) is 40.6 Å². The smallest absolute Gasteiger partial charge is 0.251 e. The van der Waals surface area contributed by atoms with E-state index >= 15 is 0 Å². The summed E-state index contributed by atoms with van der Waals surface area (Å²) >= 11 is 0.